The Balaban J connectivity index is 2.68. The van der Waals surface area contributed by atoms with Gasteiger partial charge >= 0.3 is 0 Å². The van der Waals surface area contributed by atoms with Crippen LogP contribution in [0.3, 0.4) is 0 Å². The number of carbonyl (C=O) groups excluding carboxylic acids is 1. The second kappa shape index (κ2) is 4.65. The summed E-state index contributed by atoms with van der Waals surface area (Å²) in [6.45, 7) is 0. The van der Waals surface area contributed by atoms with Gasteiger partial charge in [-0.2, -0.15) is 0 Å². The van der Waals surface area contributed by atoms with E-state index in [9.17, 15) is 9.59 Å². The normalized spacial score (nSPS) is 10.9. The second-order valence-corrected chi connectivity index (χ2v) is 3.38. The molecule has 0 spiro atoms. The lowest BCUT2D eigenvalue weighted by Crippen LogP contribution is -2.04. The van der Waals surface area contributed by atoms with Gasteiger partial charge in [0.15, 0.2) is 5.43 Å². The van der Waals surface area contributed by atoms with Gasteiger partial charge in [-0.1, -0.05) is 0 Å². The summed E-state index contributed by atoms with van der Waals surface area (Å²) in [7, 11) is 1.53. The van der Waals surface area contributed by atoms with Crippen molar-refractivity contribution < 1.29 is 13.9 Å². The first-order chi connectivity index (χ1) is 8.26. The molecule has 4 nitrogen and oxygen atoms in total. The third-order valence-corrected chi connectivity index (χ3v) is 2.36. The molecule has 0 atom stereocenters. The minimum atomic E-state index is -0.191. The maximum atomic E-state index is 12.0. The molecule has 0 aliphatic carbocycles. The van der Waals surface area contributed by atoms with Gasteiger partial charge < -0.3 is 9.15 Å². The zero-order valence-corrected chi connectivity index (χ0v) is 9.17. The summed E-state index contributed by atoms with van der Waals surface area (Å²) in [5.41, 5.74) is 0.625. The molecule has 0 fully saturated rings. The summed E-state index contributed by atoms with van der Waals surface area (Å²) in [5, 5.41) is 0.428. The van der Waals surface area contributed by atoms with Crippen molar-refractivity contribution in [3.8, 4) is 5.75 Å². The van der Waals surface area contributed by atoms with Crippen LogP contribution in [-0.2, 0) is 4.79 Å². The highest BCUT2D eigenvalue weighted by molar-refractivity contribution is 5.81. The molecule has 4 heteroatoms. The minimum absolute atomic E-state index is 0.191. The molecule has 0 aliphatic rings. The molecule has 0 radical (unpaired) electrons. The van der Waals surface area contributed by atoms with E-state index in [1.54, 1.807) is 18.2 Å². The topological polar surface area (TPSA) is 56.5 Å². The van der Waals surface area contributed by atoms with E-state index in [1.807, 2.05) is 0 Å². The van der Waals surface area contributed by atoms with Crippen LogP contribution in [0, 0.1) is 0 Å². The summed E-state index contributed by atoms with van der Waals surface area (Å²) in [6.07, 6.45) is 4.60. The van der Waals surface area contributed by atoms with Gasteiger partial charge in [-0.3, -0.25) is 9.59 Å². The molecule has 1 aromatic heterocycles. The van der Waals surface area contributed by atoms with Gasteiger partial charge in [0.05, 0.1) is 18.1 Å². The first-order valence-corrected chi connectivity index (χ1v) is 4.97. The van der Waals surface area contributed by atoms with Crippen molar-refractivity contribution in [2.24, 2.45) is 0 Å². The number of hydrogen-bond donors (Lipinski definition) is 0. The van der Waals surface area contributed by atoms with Gasteiger partial charge in [-0.25, -0.2) is 0 Å². The monoisotopic (exact) mass is 230 g/mol. The van der Waals surface area contributed by atoms with Gasteiger partial charge in [-0.15, -0.1) is 0 Å². The Bertz CT molecular complexity index is 637. The molecule has 2 aromatic rings. The zero-order valence-electron chi connectivity index (χ0n) is 9.17. The van der Waals surface area contributed by atoms with Crippen molar-refractivity contribution >= 4 is 23.3 Å². The lowest BCUT2D eigenvalue weighted by atomic mass is 10.1. The number of rotatable bonds is 3. The molecular weight excluding hydrogens is 220 g/mol. The van der Waals surface area contributed by atoms with Gasteiger partial charge in [0.1, 0.15) is 23.9 Å². The number of methoxy groups -OCH3 is 1. The maximum absolute atomic E-state index is 12.0. The van der Waals surface area contributed by atoms with E-state index < -0.39 is 0 Å². The largest absolute Gasteiger partial charge is 0.497 e. The second-order valence-electron chi connectivity index (χ2n) is 3.38. The Morgan fingerprint density at radius 2 is 2.18 bits per heavy atom. The van der Waals surface area contributed by atoms with Crippen LogP contribution in [0.25, 0.3) is 17.0 Å². The lowest BCUT2D eigenvalue weighted by molar-refractivity contribution is -0.104. The number of carbonyl (C=O) groups is 1. The van der Waals surface area contributed by atoms with Crippen LogP contribution in [0.2, 0.25) is 0 Å². The van der Waals surface area contributed by atoms with Crippen molar-refractivity contribution in [2.75, 3.05) is 7.11 Å². The number of hydrogen-bond acceptors (Lipinski definition) is 4. The van der Waals surface area contributed by atoms with E-state index in [-0.39, 0.29) is 5.43 Å². The molecule has 0 aliphatic heterocycles. The number of benzene rings is 1. The van der Waals surface area contributed by atoms with E-state index in [0.29, 0.717) is 28.6 Å². The lowest BCUT2D eigenvalue weighted by Gasteiger charge is -2.01. The van der Waals surface area contributed by atoms with Crippen molar-refractivity contribution in [1.29, 1.82) is 0 Å². The van der Waals surface area contributed by atoms with Crippen LogP contribution in [0.15, 0.2) is 39.7 Å². The Morgan fingerprint density at radius 1 is 1.35 bits per heavy atom. The van der Waals surface area contributed by atoms with Gasteiger partial charge in [0.25, 0.3) is 0 Å². The summed E-state index contributed by atoms with van der Waals surface area (Å²) in [5.74, 6) is 0.585. The fourth-order valence-corrected chi connectivity index (χ4v) is 1.51. The predicted octanol–water partition coefficient (Wildman–Crippen LogP) is 2.01. The Labute approximate surface area is 97.1 Å². The van der Waals surface area contributed by atoms with Crippen molar-refractivity contribution in [1.82, 2.24) is 0 Å². The number of allylic oxidation sites excluding steroid dienone is 1. The molecule has 1 aromatic carbocycles. The van der Waals surface area contributed by atoms with E-state index in [4.69, 9.17) is 9.15 Å². The smallest absolute Gasteiger partial charge is 0.200 e. The Kier molecular flexibility index (Phi) is 3.05. The summed E-state index contributed by atoms with van der Waals surface area (Å²) >= 11 is 0. The summed E-state index contributed by atoms with van der Waals surface area (Å²) < 4.78 is 10.3. The third-order valence-electron chi connectivity index (χ3n) is 2.36. The SMILES string of the molecule is COc1ccc2occ(/C=C/C=O)c(=O)c2c1. The molecule has 2 rings (SSSR count). The average Bonchev–Trinajstić information content (AvgIpc) is 2.38. The van der Waals surface area contributed by atoms with Crippen LogP contribution in [0.1, 0.15) is 5.56 Å². The van der Waals surface area contributed by atoms with E-state index >= 15 is 0 Å². The molecule has 0 amide bonds. The van der Waals surface area contributed by atoms with Crippen LogP contribution < -0.4 is 10.2 Å². The molecule has 0 unspecified atom stereocenters. The molecule has 0 saturated heterocycles. The maximum Gasteiger partial charge on any atom is 0.200 e. The number of aldehydes is 1. The third kappa shape index (κ3) is 2.10. The summed E-state index contributed by atoms with van der Waals surface area (Å²) in [6, 6.07) is 4.99. The van der Waals surface area contributed by atoms with E-state index in [1.165, 1.54) is 25.5 Å². The van der Waals surface area contributed by atoms with E-state index in [2.05, 4.69) is 0 Å². The number of fused-ring (bicyclic) bond motifs is 1. The summed E-state index contributed by atoms with van der Waals surface area (Å²) in [4.78, 5) is 22.2. The Hall–Kier alpha value is -2.36. The Morgan fingerprint density at radius 3 is 2.88 bits per heavy atom. The van der Waals surface area contributed by atoms with E-state index in [0.717, 1.165) is 0 Å². The van der Waals surface area contributed by atoms with Gasteiger partial charge in [-0.05, 0) is 30.4 Å². The molecule has 17 heavy (non-hydrogen) atoms. The highest BCUT2D eigenvalue weighted by Gasteiger charge is 2.05. The quantitative estimate of drug-likeness (QED) is 0.597. The predicted molar refractivity (Wildman–Crippen MR) is 64.1 cm³/mol. The van der Waals surface area contributed by atoms with Gasteiger partial charge in [0, 0.05) is 0 Å². The number of ether oxygens (including phenoxy) is 1. The van der Waals surface area contributed by atoms with Crippen LogP contribution in [0.5, 0.6) is 5.75 Å². The molecule has 0 bridgehead atoms. The highest BCUT2D eigenvalue weighted by Crippen LogP contribution is 2.18. The van der Waals surface area contributed by atoms with Crippen LogP contribution in [-0.4, -0.2) is 13.4 Å². The standard InChI is InChI=1S/C13H10O4/c1-16-10-4-5-12-11(7-10)13(15)9(8-17-12)3-2-6-14/h2-8H,1H3/b3-2+. The zero-order chi connectivity index (χ0) is 12.3. The van der Waals surface area contributed by atoms with Crippen molar-refractivity contribution in [3.63, 3.8) is 0 Å². The first kappa shape index (κ1) is 11.1. The first-order valence-electron chi connectivity index (χ1n) is 4.97. The molecule has 0 N–H and O–H groups in total. The fraction of sp³-hybridized carbons (Fsp3) is 0.0769. The molecule has 86 valence electrons. The van der Waals surface area contributed by atoms with Crippen LogP contribution in [0.4, 0.5) is 0 Å². The minimum Gasteiger partial charge on any atom is -0.497 e. The average molecular weight is 230 g/mol. The highest BCUT2D eigenvalue weighted by atomic mass is 16.5. The van der Waals surface area contributed by atoms with Crippen molar-refractivity contribution in [2.45, 2.75) is 0 Å². The van der Waals surface area contributed by atoms with Crippen molar-refractivity contribution in [3.05, 3.63) is 46.3 Å². The van der Waals surface area contributed by atoms with Gasteiger partial charge in [0.2, 0.25) is 0 Å². The fourth-order valence-electron chi connectivity index (χ4n) is 1.51. The molecular formula is C13H10O4. The molecule has 1 heterocycles. The molecule has 0 saturated carbocycles. The van der Waals surface area contributed by atoms with Crippen LogP contribution >= 0.6 is 0 Å².